The number of amides is 1. The quantitative estimate of drug-likeness (QED) is 0.843. The summed E-state index contributed by atoms with van der Waals surface area (Å²) in [6.45, 7) is 4.81. The Morgan fingerprint density at radius 2 is 2.42 bits per heavy atom. The van der Waals surface area contributed by atoms with Crippen molar-refractivity contribution in [3.63, 3.8) is 0 Å². The third kappa shape index (κ3) is 2.99. The van der Waals surface area contributed by atoms with E-state index in [2.05, 4.69) is 18.8 Å². The van der Waals surface area contributed by atoms with E-state index in [0.29, 0.717) is 6.04 Å². The Morgan fingerprint density at radius 1 is 1.63 bits per heavy atom. The van der Waals surface area contributed by atoms with Gasteiger partial charge in [-0.2, -0.15) is 0 Å². The number of likely N-dealkylation sites (tertiary alicyclic amines) is 1. The zero-order chi connectivity index (χ0) is 13.8. The zero-order valence-corrected chi connectivity index (χ0v) is 12.2. The number of aryl methyl sites for hydroxylation is 1. The normalized spacial score (nSPS) is 18.3. The average molecular weight is 277 g/mol. The summed E-state index contributed by atoms with van der Waals surface area (Å²) in [5, 5.41) is 8.73. The number of aliphatic hydroxyl groups excluding tert-OH is 1. The molecule has 0 spiro atoms. The molecule has 1 aromatic heterocycles. The van der Waals surface area contributed by atoms with Crippen molar-refractivity contribution in [2.45, 2.75) is 39.2 Å². The first kappa shape index (κ1) is 14.1. The molecule has 0 saturated carbocycles. The number of hydrogen-bond acceptors (Lipinski definition) is 3. The fourth-order valence-electron chi connectivity index (χ4n) is 2.50. The number of rotatable bonds is 2. The highest BCUT2D eigenvalue weighted by Crippen LogP contribution is 2.27. The monoisotopic (exact) mass is 277 g/mol. The molecule has 2 rings (SSSR count). The van der Waals surface area contributed by atoms with E-state index in [1.54, 1.807) is 0 Å². The van der Waals surface area contributed by atoms with Gasteiger partial charge in [0.1, 0.15) is 6.61 Å². The van der Waals surface area contributed by atoms with Crippen LogP contribution in [0.25, 0.3) is 0 Å². The topological polar surface area (TPSA) is 40.5 Å². The van der Waals surface area contributed by atoms with Gasteiger partial charge in [0.15, 0.2) is 0 Å². The minimum atomic E-state index is -0.148. The van der Waals surface area contributed by atoms with Crippen molar-refractivity contribution in [1.82, 2.24) is 4.90 Å². The van der Waals surface area contributed by atoms with E-state index in [4.69, 9.17) is 5.11 Å². The van der Waals surface area contributed by atoms with Crippen LogP contribution in [0.1, 0.15) is 46.3 Å². The van der Waals surface area contributed by atoms with Gasteiger partial charge < -0.3 is 10.0 Å². The SMILES string of the molecule is CCC1CCCN1C(=O)c1cc(C)c(C#CCO)s1. The van der Waals surface area contributed by atoms with Crippen molar-refractivity contribution >= 4 is 17.2 Å². The van der Waals surface area contributed by atoms with Crippen molar-refractivity contribution in [2.24, 2.45) is 0 Å². The number of nitrogens with zero attached hydrogens (tertiary/aromatic N) is 1. The molecule has 0 aliphatic carbocycles. The minimum absolute atomic E-state index is 0.134. The van der Waals surface area contributed by atoms with Gasteiger partial charge in [-0.15, -0.1) is 11.3 Å². The van der Waals surface area contributed by atoms with Gasteiger partial charge in [-0.25, -0.2) is 0 Å². The minimum Gasteiger partial charge on any atom is -0.384 e. The lowest BCUT2D eigenvalue weighted by Crippen LogP contribution is -2.34. The fourth-order valence-corrected chi connectivity index (χ4v) is 3.50. The number of aliphatic hydroxyl groups is 1. The molecule has 0 radical (unpaired) electrons. The van der Waals surface area contributed by atoms with Gasteiger partial charge >= 0.3 is 0 Å². The first-order chi connectivity index (χ1) is 9.17. The second-order valence-electron chi connectivity index (χ2n) is 4.79. The largest absolute Gasteiger partial charge is 0.384 e. The van der Waals surface area contributed by atoms with E-state index >= 15 is 0 Å². The number of carbonyl (C=O) groups is 1. The van der Waals surface area contributed by atoms with Crippen LogP contribution in [0.3, 0.4) is 0 Å². The molecular weight excluding hydrogens is 258 g/mol. The molecule has 1 aliphatic heterocycles. The summed E-state index contributed by atoms with van der Waals surface area (Å²) in [5.74, 6) is 5.67. The maximum absolute atomic E-state index is 12.5. The van der Waals surface area contributed by atoms with E-state index in [1.807, 2.05) is 17.9 Å². The van der Waals surface area contributed by atoms with E-state index in [0.717, 1.165) is 41.1 Å². The van der Waals surface area contributed by atoms with E-state index < -0.39 is 0 Å². The highest BCUT2D eigenvalue weighted by molar-refractivity contribution is 7.14. The van der Waals surface area contributed by atoms with Gasteiger partial charge in [0.05, 0.1) is 9.75 Å². The van der Waals surface area contributed by atoms with Gasteiger partial charge in [-0.05, 0) is 37.8 Å². The predicted molar refractivity (Wildman–Crippen MR) is 77.4 cm³/mol. The van der Waals surface area contributed by atoms with Crippen LogP contribution in [-0.2, 0) is 0 Å². The Bertz CT molecular complexity index is 524. The molecule has 1 N–H and O–H groups in total. The lowest BCUT2D eigenvalue weighted by atomic mass is 10.1. The van der Waals surface area contributed by atoms with Gasteiger partial charge in [0, 0.05) is 12.6 Å². The molecule has 0 aromatic carbocycles. The van der Waals surface area contributed by atoms with Crippen LogP contribution in [0.4, 0.5) is 0 Å². The Balaban J connectivity index is 2.20. The van der Waals surface area contributed by atoms with Crippen molar-refractivity contribution in [3.8, 4) is 11.8 Å². The average Bonchev–Trinajstić information content (AvgIpc) is 3.02. The van der Waals surface area contributed by atoms with Crippen LogP contribution in [0.2, 0.25) is 0 Å². The van der Waals surface area contributed by atoms with Crippen LogP contribution in [0, 0.1) is 18.8 Å². The second-order valence-corrected chi connectivity index (χ2v) is 5.84. The molecule has 1 amide bonds. The first-order valence-electron chi connectivity index (χ1n) is 6.68. The van der Waals surface area contributed by atoms with Crippen LogP contribution < -0.4 is 0 Å². The fraction of sp³-hybridized carbons (Fsp3) is 0.533. The molecule has 3 nitrogen and oxygen atoms in total. The standard InChI is InChI=1S/C15H19NO2S/c1-3-12-6-4-8-16(12)15(18)14-10-11(2)13(19-14)7-5-9-17/h10,12,17H,3-4,6,8-9H2,1-2H3. The smallest absolute Gasteiger partial charge is 0.264 e. The van der Waals surface area contributed by atoms with E-state index in [-0.39, 0.29) is 12.5 Å². The number of carbonyl (C=O) groups excluding carboxylic acids is 1. The number of hydrogen-bond donors (Lipinski definition) is 1. The summed E-state index contributed by atoms with van der Waals surface area (Å²) in [7, 11) is 0. The first-order valence-corrected chi connectivity index (χ1v) is 7.50. The predicted octanol–water partition coefficient (Wildman–Crippen LogP) is 2.41. The molecule has 4 heteroatoms. The third-order valence-corrected chi connectivity index (χ3v) is 4.66. The Labute approximate surface area is 118 Å². The highest BCUT2D eigenvalue weighted by Gasteiger charge is 2.29. The highest BCUT2D eigenvalue weighted by atomic mass is 32.1. The maximum atomic E-state index is 12.5. The molecule has 1 aromatic rings. The van der Waals surface area contributed by atoms with E-state index in [1.165, 1.54) is 11.3 Å². The Morgan fingerprint density at radius 3 is 3.11 bits per heavy atom. The summed E-state index contributed by atoms with van der Waals surface area (Å²) < 4.78 is 0. The van der Waals surface area contributed by atoms with Crippen LogP contribution in [0.15, 0.2) is 6.07 Å². The molecule has 1 unspecified atom stereocenters. The molecule has 0 bridgehead atoms. The van der Waals surface area contributed by atoms with Crippen molar-refractivity contribution < 1.29 is 9.90 Å². The molecule has 19 heavy (non-hydrogen) atoms. The van der Waals surface area contributed by atoms with Gasteiger partial charge in [0.2, 0.25) is 0 Å². The summed E-state index contributed by atoms with van der Waals surface area (Å²) in [6.07, 6.45) is 3.24. The van der Waals surface area contributed by atoms with Gasteiger partial charge in [0.25, 0.3) is 5.91 Å². The molecule has 1 saturated heterocycles. The maximum Gasteiger partial charge on any atom is 0.264 e. The summed E-state index contributed by atoms with van der Waals surface area (Å²) in [4.78, 5) is 16.1. The Kier molecular flexibility index (Phi) is 4.62. The van der Waals surface area contributed by atoms with Crippen molar-refractivity contribution in [1.29, 1.82) is 0 Å². The molecular formula is C15H19NO2S. The second kappa shape index (κ2) is 6.23. The molecule has 2 heterocycles. The van der Waals surface area contributed by atoms with E-state index in [9.17, 15) is 4.79 Å². The van der Waals surface area contributed by atoms with Crippen LogP contribution in [-0.4, -0.2) is 35.1 Å². The lowest BCUT2D eigenvalue weighted by molar-refractivity contribution is 0.0738. The molecule has 102 valence electrons. The number of thiophene rings is 1. The summed E-state index contributed by atoms with van der Waals surface area (Å²) in [6, 6.07) is 2.31. The molecule has 1 fully saturated rings. The van der Waals surface area contributed by atoms with Crippen LogP contribution >= 0.6 is 11.3 Å². The lowest BCUT2D eigenvalue weighted by Gasteiger charge is -2.22. The third-order valence-electron chi connectivity index (χ3n) is 3.52. The van der Waals surface area contributed by atoms with Gasteiger partial charge in [-0.3, -0.25) is 4.79 Å². The van der Waals surface area contributed by atoms with Gasteiger partial charge in [-0.1, -0.05) is 18.8 Å². The Hall–Kier alpha value is -1.31. The van der Waals surface area contributed by atoms with Crippen molar-refractivity contribution in [3.05, 3.63) is 21.4 Å². The van der Waals surface area contributed by atoms with Crippen molar-refractivity contribution in [2.75, 3.05) is 13.2 Å². The zero-order valence-electron chi connectivity index (χ0n) is 11.4. The molecule has 1 atom stereocenters. The summed E-state index contributed by atoms with van der Waals surface area (Å²) in [5.41, 5.74) is 1.02. The van der Waals surface area contributed by atoms with Crippen LogP contribution in [0.5, 0.6) is 0 Å². The molecule has 1 aliphatic rings. The summed E-state index contributed by atoms with van der Waals surface area (Å²) >= 11 is 1.43.